The topological polar surface area (TPSA) is 110 Å². The number of Topliss-reactive ketones (excluding diaryl/α,β-unsaturated/α-hetero) is 1. The van der Waals surface area contributed by atoms with E-state index in [1.165, 1.54) is 12.1 Å². The first kappa shape index (κ1) is 30.2. The van der Waals surface area contributed by atoms with Gasteiger partial charge in [0.05, 0.1) is 32.3 Å². The lowest BCUT2D eigenvalue weighted by Gasteiger charge is -2.07. The minimum Gasteiger partial charge on any atom is -0.481 e. The fourth-order valence-corrected chi connectivity index (χ4v) is 2.22. The normalized spacial score (nSPS) is 9.75. The molecule has 1 atom stereocenters. The van der Waals surface area contributed by atoms with Gasteiger partial charge < -0.3 is 14.9 Å². The van der Waals surface area contributed by atoms with E-state index in [-0.39, 0.29) is 40.1 Å². The van der Waals surface area contributed by atoms with E-state index >= 15 is 0 Å². The van der Waals surface area contributed by atoms with E-state index in [1.807, 2.05) is 0 Å². The molecule has 8 heteroatoms. The first-order valence-corrected chi connectivity index (χ1v) is 8.84. The number of carboxylic acid groups (broad SMARTS) is 1. The lowest BCUT2D eigenvalue weighted by atomic mass is 10.1. The zero-order valence-electron chi connectivity index (χ0n) is 16.2. The molecule has 0 heterocycles. The van der Waals surface area contributed by atoms with Crippen molar-refractivity contribution in [1.29, 1.82) is 0 Å². The number of nitrogens with zero attached hydrogens (tertiary/aromatic N) is 2. The third kappa shape index (κ3) is 10.7. The minimum absolute atomic E-state index is 0. The maximum Gasteiger partial charge on any atom is 0.313 e. The second-order valence-electron chi connectivity index (χ2n) is 5.88. The Morgan fingerprint density at radius 2 is 1.41 bits per heavy atom. The number of benzene rings is 2. The Bertz CT molecular complexity index is 954. The van der Waals surface area contributed by atoms with Gasteiger partial charge in [0.25, 0.3) is 0 Å². The minimum atomic E-state index is -1.05. The molecule has 170 valence electrons. The standard InChI is InChI=1S/C12H11NO3.C10H9NO3.2CH4/c1-3-16-12(15)8-11(14)9-4-6-10(13-2)7-5-9;1-11-8-4-2-7(3-5-8)9(12)6-10(13)14;;/h4-7H,3,8H2,1H3;2-5,9,12H,6H2,(H,13,14);2*1H4. The van der Waals surface area contributed by atoms with Crippen molar-refractivity contribution in [2.45, 2.75) is 40.7 Å². The average Bonchev–Trinajstić information content (AvgIpc) is 2.74. The third-order valence-electron chi connectivity index (χ3n) is 3.70. The molecule has 0 aliphatic rings. The van der Waals surface area contributed by atoms with Crippen LogP contribution in [0.2, 0.25) is 0 Å². The van der Waals surface area contributed by atoms with E-state index in [2.05, 4.69) is 14.4 Å². The van der Waals surface area contributed by atoms with Crippen LogP contribution in [-0.2, 0) is 14.3 Å². The number of aliphatic hydroxyl groups excluding tert-OH is 1. The van der Waals surface area contributed by atoms with Gasteiger partial charge in [-0.2, -0.15) is 0 Å². The Kier molecular flexibility index (Phi) is 14.9. The van der Waals surface area contributed by atoms with Gasteiger partial charge in [0.2, 0.25) is 0 Å². The molecule has 32 heavy (non-hydrogen) atoms. The molecule has 0 bridgehead atoms. The van der Waals surface area contributed by atoms with E-state index in [0.29, 0.717) is 22.5 Å². The summed E-state index contributed by atoms with van der Waals surface area (Å²) in [6.45, 7) is 15.4. The third-order valence-corrected chi connectivity index (χ3v) is 3.70. The number of aliphatic hydroxyl groups is 1. The van der Waals surface area contributed by atoms with Gasteiger partial charge in [-0.1, -0.05) is 63.4 Å². The summed E-state index contributed by atoms with van der Waals surface area (Å²) in [5, 5.41) is 17.8. The molecule has 0 amide bonds. The van der Waals surface area contributed by atoms with E-state index in [9.17, 15) is 19.5 Å². The van der Waals surface area contributed by atoms with Crippen LogP contribution >= 0.6 is 0 Å². The van der Waals surface area contributed by atoms with Crippen LogP contribution in [0.3, 0.4) is 0 Å². The fraction of sp³-hybridized carbons (Fsp3) is 0.292. The summed E-state index contributed by atoms with van der Waals surface area (Å²) in [6.07, 6.45) is -1.59. The highest BCUT2D eigenvalue weighted by Crippen LogP contribution is 2.20. The molecule has 2 aromatic rings. The Hall–Kier alpha value is -4.01. The van der Waals surface area contributed by atoms with Crippen molar-refractivity contribution < 1.29 is 29.3 Å². The predicted molar refractivity (Wildman–Crippen MR) is 122 cm³/mol. The van der Waals surface area contributed by atoms with Gasteiger partial charge in [0.1, 0.15) is 6.42 Å². The summed E-state index contributed by atoms with van der Waals surface area (Å²) in [6, 6.07) is 12.4. The lowest BCUT2D eigenvalue weighted by molar-refractivity contribution is -0.142. The van der Waals surface area contributed by atoms with Crippen molar-refractivity contribution in [2.75, 3.05) is 6.61 Å². The van der Waals surface area contributed by atoms with Crippen LogP contribution in [0, 0.1) is 13.1 Å². The van der Waals surface area contributed by atoms with E-state index in [4.69, 9.17) is 18.3 Å². The van der Waals surface area contributed by atoms with Crippen LogP contribution in [0.25, 0.3) is 9.69 Å². The van der Waals surface area contributed by atoms with Gasteiger partial charge in [-0.05, 0) is 12.5 Å². The van der Waals surface area contributed by atoms with Gasteiger partial charge in [-0.25, -0.2) is 9.69 Å². The Balaban J connectivity index is 0. The molecule has 0 saturated heterocycles. The number of carbonyl (C=O) groups excluding carboxylic acids is 2. The molecule has 2 aromatic carbocycles. The summed E-state index contributed by atoms with van der Waals surface area (Å²) in [4.78, 5) is 39.3. The molecule has 2 rings (SSSR count). The number of carboxylic acids is 1. The van der Waals surface area contributed by atoms with Crippen LogP contribution in [0.15, 0.2) is 48.5 Å². The summed E-state index contributed by atoms with van der Waals surface area (Å²) < 4.78 is 4.67. The van der Waals surface area contributed by atoms with Crippen LogP contribution in [0.5, 0.6) is 0 Å². The molecule has 0 aliphatic carbocycles. The van der Waals surface area contributed by atoms with Crippen molar-refractivity contribution >= 4 is 29.1 Å². The highest BCUT2D eigenvalue weighted by molar-refractivity contribution is 6.06. The van der Waals surface area contributed by atoms with Crippen LogP contribution in [0.1, 0.15) is 56.6 Å². The van der Waals surface area contributed by atoms with Crippen molar-refractivity contribution in [3.05, 3.63) is 82.5 Å². The van der Waals surface area contributed by atoms with Gasteiger partial charge in [-0.15, -0.1) is 0 Å². The number of rotatable bonds is 7. The summed E-state index contributed by atoms with van der Waals surface area (Å²) in [5.41, 5.74) is 1.87. The summed E-state index contributed by atoms with van der Waals surface area (Å²) in [7, 11) is 0. The molecule has 8 nitrogen and oxygen atoms in total. The second-order valence-corrected chi connectivity index (χ2v) is 5.88. The van der Waals surface area contributed by atoms with Gasteiger partial charge in [0, 0.05) is 5.56 Å². The molecule has 1 unspecified atom stereocenters. The summed E-state index contributed by atoms with van der Waals surface area (Å²) >= 11 is 0. The van der Waals surface area contributed by atoms with Gasteiger partial charge >= 0.3 is 11.9 Å². The van der Waals surface area contributed by atoms with Crippen LogP contribution < -0.4 is 0 Å². The van der Waals surface area contributed by atoms with Crippen molar-refractivity contribution in [2.24, 2.45) is 0 Å². The SMILES string of the molecule is C.C.[C-]#[N+]c1ccc(C(=O)CC(=O)OCC)cc1.[C-]#[N+]c1ccc(C(O)CC(=O)O)cc1. The zero-order chi connectivity index (χ0) is 22.5. The number of hydrogen-bond donors (Lipinski definition) is 2. The quantitative estimate of drug-likeness (QED) is 0.258. The van der Waals surface area contributed by atoms with E-state index < -0.39 is 18.0 Å². The molecule has 0 saturated carbocycles. The number of aliphatic carboxylic acids is 1. The summed E-state index contributed by atoms with van der Waals surface area (Å²) in [5.74, 6) is -1.87. The monoisotopic (exact) mass is 440 g/mol. The van der Waals surface area contributed by atoms with Gasteiger partial charge in [-0.3, -0.25) is 14.4 Å². The smallest absolute Gasteiger partial charge is 0.313 e. The number of ketones is 1. The van der Waals surface area contributed by atoms with Crippen LogP contribution in [0.4, 0.5) is 11.4 Å². The lowest BCUT2D eigenvalue weighted by Crippen LogP contribution is -2.11. The largest absolute Gasteiger partial charge is 0.481 e. The van der Waals surface area contributed by atoms with E-state index in [0.717, 1.165) is 0 Å². The molecule has 0 radical (unpaired) electrons. The molecular formula is C24H28N2O6. The van der Waals surface area contributed by atoms with Gasteiger partial charge in [0.15, 0.2) is 17.2 Å². The molecule has 0 spiro atoms. The first-order valence-electron chi connectivity index (χ1n) is 8.84. The second kappa shape index (κ2) is 15.8. The number of ether oxygens (including phenoxy) is 1. The Morgan fingerprint density at radius 1 is 0.938 bits per heavy atom. The zero-order valence-corrected chi connectivity index (χ0v) is 16.2. The first-order chi connectivity index (χ1) is 14.3. The van der Waals surface area contributed by atoms with Crippen LogP contribution in [-0.4, -0.2) is 34.5 Å². The van der Waals surface area contributed by atoms with Crippen molar-refractivity contribution in [3.63, 3.8) is 0 Å². The number of hydrogen-bond acceptors (Lipinski definition) is 5. The Morgan fingerprint density at radius 3 is 1.81 bits per heavy atom. The maximum absolute atomic E-state index is 11.6. The number of esters is 1. The average molecular weight is 440 g/mol. The molecule has 0 aromatic heterocycles. The predicted octanol–water partition coefficient (Wildman–Crippen LogP) is 5.39. The fourth-order valence-electron chi connectivity index (χ4n) is 2.22. The van der Waals surface area contributed by atoms with E-state index in [1.54, 1.807) is 43.3 Å². The van der Waals surface area contributed by atoms with Crippen molar-refractivity contribution in [3.8, 4) is 0 Å². The number of carbonyl (C=O) groups is 3. The maximum atomic E-state index is 11.6. The molecular weight excluding hydrogens is 412 g/mol. The highest BCUT2D eigenvalue weighted by atomic mass is 16.5. The molecule has 0 aliphatic heterocycles. The Labute approximate surface area is 188 Å². The highest BCUT2D eigenvalue weighted by Gasteiger charge is 2.12. The molecule has 0 fully saturated rings. The van der Waals surface area contributed by atoms with Crippen molar-refractivity contribution in [1.82, 2.24) is 0 Å². The molecule has 2 N–H and O–H groups in total.